The van der Waals surface area contributed by atoms with Crippen molar-refractivity contribution >= 4 is 11.6 Å². The number of carbonyl (C=O) groups is 1. The summed E-state index contributed by atoms with van der Waals surface area (Å²) in [4.78, 5) is 12.3. The van der Waals surface area contributed by atoms with Gasteiger partial charge in [0.2, 0.25) is 0 Å². The molecule has 1 amide bonds. The Labute approximate surface area is 132 Å². The molecule has 0 bridgehead atoms. The SMILES string of the molecule is Cc1ccc(O[C@H](C)C(=O)Nc2cc(C)ccc2C)c(C)c1. The lowest BCUT2D eigenvalue weighted by Crippen LogP contribution is -2.30. The highest BCUT2D eigenvalue weighted by Gasteiger charge is 2.16. The van der Waals surface area contributed by atoms with Crippen LogP contribution in [-0.2, 0) is 4.79 Å². The Morgan fingerprint density at radius 2 is 1.59 bits per heavy atom. The highest BCUT2D eigenvalue weighted by molar-refractivity contribution is 5.94. The molecule has 0 aliphatic rings. The molecule has 0 heterocycles. The molecule has 0 aliphatic heterocycles. The molecule has 0 unspecified atom stereocenters. The second kappa shape index (κ2) is 6.65. The summed E-state index contributed by atoms with van der Waals surface area (Å²) in [6.45, 7) is 9.76. The standard InChI is InChI=1S/C19H23NO2/c1-12-7-9-18(15(4)10-12)22-16(5)19(21)20-17-11-13(2)6-8-14(17)3/h6-11,16H,1-5H3,(H,20,21)/t16-/m1/s1. The summed E-state index contributed by atoms with van der Waals surface area (Å²) in [6, 6.07) is 11.9. The van der Waals surface area contributed by atoms with Crippen molar-refractivity contribution in [2.24, 2.45) is 0 Å². The van der Waals surface area contributed by atoms with Crippen molar-refractivity contribution in [2.75, 3.05) is 5.32 Å². The fourth-order valence-corrected chi connectivity index (χ4v) is 2.28. The monoisotopic (exact) mass is 297 g/mol. The van der Waals surface area contributed by atoms with Gasteiger partial charge >= 0.3 is 0 Å². The Bertz CT molecular complexity index is 692. The van der Waals surface area contributed by atoms with Crippen LogP contribution in [0.25, 0.3) is 0 Å². The third-order valence-electron chi connectivity index (χ3n) is 3.65. The number of hydrogen-bond donors (Lipinski definition) is 1. The second-order valence-corrected chi connectivity index (χ2v) is 5.84. The molecule has 3 nitrogen and oxygen atoms in total. The minimum atomic E-state index is -0.554. The largest absolute Gasteiger partial charge is 0.481 e. The lowest BCUT2D eigenvalue weighted by atomic mass is 10.1. The van der Waals surface area contributed by atoms with Gasteiger partial charge in [-0.05, 0) is 63.4 Å². The molecule has 0 aromatic heterocycles. The van der Waals surface area contributed by atoms with Crippen molar-refractivity contribution in [1.29, 1.82) is 0 Å². The quantitative estimate of drug-likeness (QED) is 0.912. The lowest BCUT2D eigenvalue weighted by molar-refractivity contribution is -0.122. The van der Waals surface area contributed by atoms with Gasteiger partial charge in [0.05, 0.1) is 0 Å². The summed E-state index contributed by atoms with van der Waals surface area (Å²) in [6.07, 6.45) is -0.554. The number of rotatable bonds is 4. The van der Waals surface area contributed by atoms with E-state index in [4.69, 9.17) is 4.74 Å². The van der Waals surface area contributed by atoms with E-state index in [0.717, 1.165) is 28.1 Å². The molecule has 2 aromatic rings. The second-order valence-electron chi connectivity index (χ2n) is 5.84. The van der Waals surface area contributed by atoms with E-state index in [0.29, 0.717) is 0 Å². The van der Waals surface area contributed by atoms with Crippen LogP contribution in [0.3, 0.4) is 0 Å². The molecule has 0 radical (unpaired) electrons. The maximum absolute atomic E-state index is 12.3. The van der Waals surface area contributed by atoms with Gasteiger partial charge in [-0.15, -0.1) is 0 Å². The van der Waals surface area contributed by atoms with Crippen LogP contribution in [0, 0.1) is 27.7 Å². The number of benzene rings is 2. The first kappa shape index (κ1) is 16.1. The van der Waals surface area contributed by atoms with E-state index in [1.807, 2.05) is 64.1 Å². The number of aryl methyl sites for hydroxylation is 4. The van der Waals surface area contributed by atoms with Crippen LogP contribution >= 0.6 is 0 Å². The first-order chi connectivity index (χ1) is 10.4. The van der Waals surface area contributed by atoms with Crippen LogP contribution in [0.4, 0.5) is 5.69 Å². The third-order valence-corrected chi connectivity index (χ3v) is 3.65. The molecule has 0 saturated carbocycles. The van der Waals surface area contributed by atoms with Crippen LogP contribution in [0.5, 0.6) is 5.75 Å². The van der Waals surface area contributed by atoms with Gasteiger partial charge in [0.1, 0.15) is 5.75 Å². The van der Waals surface area contributed by atoms with Crippen molar-refractivity contribution in [3.8, 4) is 5.75 Å². The molecular weight excluding hydrogens is 274 g/mol. The molecule has 2 aromatic carbocycles. The summed E-state index contributed by atoms with van der Waals surface area (Å²) in [5, 5.41) is 2.94. The number of anilines is 1. The van der Waals surface area contributed by atoms with E-state index >= 15 is 0 Å². The van der Waals surface area contributed by atoms with Crippen molar-refractivity contribution in [2.45, 2.75) is 40.7 Å². The Kier molecular flexibility index (Phi) is 4.86. The van der Waals surface area contributed by atoms with Crippen LogP contribution in [0.15, 0.2) is 36.4 Å². The molecule has 0 aliphatic carbocycles. The average molecular weight is 297 g/mol. The van der Waals surface area contributed by atoms with Gasteiger partial charge < -0.3 is 10.1 Å². The molecular formula is C19H23NO2. The van der Waals surface area contributed by atoms with E-state index in [1.165, 1.54) is 5.56 Å². The Morgan fingerprint density at radius 3 is 2.27 bits per heavy atom. The zero-order chi connectivity index (χ0) is 16.3. The van der Waals surface area contributed by atoms with Gasteiger partial charge in [0.25, 0.3) is 5.91 Å². The maximum Gasteiger partial charge on any atom is 0.265 e. The predicted molar refractivity (Wildman–Crippen MR) is 90.6 cm³/mol. The molecule has 1 atom stereocenters. The number of amides is 1. The molecule has 2 rings (SSSR count). The molecule has 0 fully saturated rings. The van der Waals surface area contributed by atoms with Crippen molar-refractivity contribution in [3.05, 3.63) is 58.7 Å². The van der Waals surface area contributed by atoms with E-state index in [2.05, 4.69) is 5.32 Å². The fourth-order valence-electron chi connectivity index (χ4n) is 2.28. The molecule has 1 N–H and O–H groups in total. The Balaban J connectivity index is 2.07. The van der Waals surface area contributed by atoms with Gasteiger partial charge in [0.15, 0.2) is 6.10 Å². The summed E-state index contributed by atoms with van der Waals surface area (Å²) in [5.74, 6) is 0.600. The van der Waals surface area contributed by atoms with Crippen LogP contribution < -0.4 is 10.1 Å². The third kappa shape index (κ3) is 3.88. The van der Waals surface area contributed by atoms with Gasteiger partial charge in [0, 0.05) is 5.69 Å². The topological polar surface area (TPSA) is 38.3 Å². The maximum atomic E-state index is 12.3. The first-order valence-corrected chi connectivity index (χ1v) is 7.49. The van der Waals surface area contributed by atoms with E-state index in [-0.39, 0.29) is 5.91 Å². The van der Waals surface area contributed by atoms with E-state index in [9.17, 15) is 4.79 Å². The summed E-state index contributed by atoms with van der Waals surface area (Å²) >= 11 is 0. The Morgan fingerprint density at radius 1 is 0.955 bits per heavy atom. The molecule has 0 spiro atoms. The van der Waals surface area contributed by atoms with E-state index < -0.39 is 6.10 Å². The smallest absolute Gasteiger partial charge is 0.265 e. The average Bonchev–Trinajstić information content (AvgIpc) is 2.45. The van der Waals surface area contributed by atoms with Crippen molar-refractivity contribution < 1.29 is 9.53 Å². The van der Waals surface area contributed by atoms with Crippen molar-refractivity contribution in [3.63, 3.8) is 0 Å². The molecule has 0 saturated heterocycles. The lowest BCUT2D eigenvalue weighted by Gasteiger charge is -2.17. The summed E-state index contributed by atoms with van der Waals surface area (Å²) < 4.78 is 5.79. The fraction of sp³-hybridized carbons (Fsp3) is 0.316. The molecule has 3 heteroatoms. The zero-order valence-electron chi connectivity index (χ0n) is 13.9. The number of ether oxygens (including phenoxy) is 1. The van der Waals surface area contributed by atoms with Gasteiger partial charge in [-0.2, -0.15) is 0 Å². The highest BCUT2D eigenvalue weighted by Crippen LogP contribution is 2.21. The number of hydrogen-bond acceptors (Lipinski definition) is 2. The minimum absolute atomic E-state index is 0.145. The number of nitrogens with one attached hydrogen (secondary N) is 1. The first-order valence-electron chi connectivity index (χ1n) is 7.49. The number of carbonyl (C=O) groups excluding carboxylic acids is 1. The highest BCUT2D eigenvalue weighted by atomic mass is 16.5. The summed E-state index contributed by atoms with van der Waals surface area (Å²) in [5.41, 5.74) is 5.20. The zero-order valence-corrected chi connectivity index (χ0v) is 13.9. The normalized spacial score (nSPS) is 11.9. The van der Waals surface area contributed by atoms with Gasteiger partial charge in [-0.1, -0.05) is 29.8 Å². The van der Waals surface area contributed by atoms with Crippen LogP contribution in [0.2, 0.25) is 0 Å². The Hall–Kier alpha value is -2.29. The van der Waals surface area contributed by atoms with Gasteiger partial charge in [-0.3, -0.25) is 4.79 Å². The van der Waals surface area contributed by atoms with E-state index in [1.54, 1.807) is 6.92 Å². The van der Waals surface area contributed by atoms with Crippen molar-refractivity contribution in [1.82, 2.24) is 0 Å². The van der Waals surface area contributed by atoms with Crippen LogP contribution in [0.1, 0.15) is 29.2 Å². The molecule has 22 heavy (non-hydrogen) atoms. The molecule has 116 valence electrons. The van der Waals surface area contributed by atoms with Gasteiger partial charge in [-0.25, -0.2) is 0 Å². The minimum Gasteiger partial charge on any atom is -0.481 e. The summed E-state index contributed by atoms with van der Waals surface area (Å²) in [7, 11) is 0. The van der Waals surface area contributed by atoms with Crippen LogP contribution in [-0.4, -0.2) is 12.0 Å². The predicted octanol–water partition coefficient (Wildman–Crippen LogP) is 4.33.